The van der Waals surface area contributed by atoms with Gasteiger partial charge in [-0.25, -0.2) is 13.9 Å². The van der Waals surface area contributed by atoms with Gasteiger partial charge in [-0.05, 0) is 36.2 Å². The zero-order valence-electron chi connectivity index (χ0n) is 19.4. The zero-order chi connectivity index (χ0) is 24.9. The van der Waals surface area contributed by atoms with Crippen molar-refractivity contribution in [2.75, 3.05) is 13.2 Å². The van der Waals surface area contributed by atoms with E-state index in [-0.39, 0.29) is 0 Å². The van der Waals surface area contributed by atoms with Crippen LogP contribution in [0.3, 0.4) is 0 Å². The highest BCUT2D eigenvalue weighted by Crippen LogP contribution is 2.37. The molecule has 0 spiro atoms. The number of ether oxygens (including phenoxy) is 2. The van der Waals surface area contributed by atoms with Gasteiger partial charge in [0.1, 0.15) is 23.6 Å². The van der Waals surface area contributed by atoms with Crippen molar-refractivity contribution in [3.63, 3.8) is 0 Å². The molecule has 0 amide bonds. The van der Waals surface area contributed by atoms with Crippen LogP contribution < -0.4 is 4.74 Å². The maximum atomic E-state index is 13.6. The summed E-state index contributed by atoms with van der Waals surface area (Å²) in [6.07, 6.45) is 1.71. The largest absolute Gasteiger partial charge is 0.488 e. The number of furan rings is 1. The standard InChI is InChI=1S/C26H23ClFN3O4S/c1-15(28)24-30-31-13-20(29-25(31)36-24)23-12-19-21(10-18(27)11-22(19)35-23)34-14-16-3-2-4-17(9-16)26(32)5-7-33-8-6-26/h2-4,9-13,15,32H,5-8,14H2,1H3/t15-/m0/s1. The SMILES string of the molecule is C[C@H](F)c1nn2cc(-c3cc4c(OCc5cccc(C6(O)CCOCC6)c5)cc(Cl)cc4o3)nc2s1. The summed E-state index contributed by atoms with van der Waals surface area (Å²) in [6, 6.07) is 13.1. The van der Waals surface area contributed by atoms with Crippen LogP contribution in [0.4, 0.5) is 4.39 Å². The molecule has 0 saturated carbocycles. The zero-order valence-corrected chi connectivity index (χ0v) is 21.0. The Kier molecular flexibility index (Phi) is 5.95. The summed E-state index contributed by atoms with van der Waals surface area (Å²) < 4.78 is 32.7. The lowest BCUT2D eigenvalue weighted by Gasteiger charge is -2.32. The van der Waals surface area contributed by atoms with Crippen molar-refractivity contribution >= 4 is 38.9 Å². The highest BCUT2D eigenvalue weighted by Gasteiger charge is 2.31. The quantitative estimate of drug-likeness (QED) is 0.273. The molecule has 0 unspecified atom stereocenters. The van der Waals surface area contributed by atoms with Gasteiger partial charge >= 0.3 is 0 Å². The van der Waals surface area contributed by atoms with Crippen LogP contribution in [0.5, 0.6) is 5.75 Å². The van der Waals surface area contributed by atoms with E-state index >= 15 is 0 Å². The van der Waals surface area contributed by atoms with Crippen LogP contribution in [0.25, 0.3) is 27.4 Å². The number of hydrogen-bond acceptors (Lipinski definition) is 7. The third kappa shape index (κ3) is 4.37. The van der Waals surface area contributed by atoms with E-state index in [2.05, 4.69) is 10.1 Å². The van der Waals surface area contributed by atoms with Gasteiger partial charge in [0.2, 0.25) is 4.96 Å². The summed E-state index contributed by atoms with van der Waals surface area (Å²) in [7, 11) is 0. The maximum Gasteiger partial charge on any atom is 0.212 e. The van der Waals surface area contributed by atoms with Crippen LogP contribution in [-0.2, 0) is 16.9 Å². The van der Waals surface area contributed by atoms with Crippen molar-refractivity contribution in [2.24, 2.45) is 0 Å². The average Bonchev–Trinajstić information content (AvgIpc) is 3.56. The number of hydrogen-bond donors (Lipinski definition) is 1. The topological polar surface area (TPSA) is 82.0 Å². The van der Waals surface area contributed by atoms with E-state index in [9.17, 15) is 9.50 Å². The van der Waals surface area contributed by atoms with Gasteiger partial charge in [-0.3, -0.25) is 0 Å². The molecule has 7 nitrogen and oxygen atoms in total. The Morgan fingerprint density at radius 2 is 2.08 bits per heavy atom. The van der Waals surface area contributed by atoms with E-state index < -0.39 is 11.8 Å². The average molecular weight is 528 g/mol. The fraction of sp³-hybridized carbons (Fsp3) is 0.308. The Balaban J connectivity index is 1.27. The van der Waals surface area contributed by atoms with Gasteiger partial charge in [-0.2, -0.15) is 5.10 Å². The number of rotatable bonds is 6. The molecule has 1 fully saturated rings. The van der Waals surface area contributed by atoms with Crippen LogP contribution in [0.15, 0.2) is 53.1 Å². The first-order valence-corrected chi connectivity index (χ1v) is 12.8. The molecule has 10 heteroatoms. The predicted octanol–water partition coefficient (Wildman–Crippen LogP) is 6.46. The fourth-order valence-electron chi connectivity index (χ4n) is 4.42. The summed E-state index contributed by atoms with van der Waals surface area (Å²) in [4.78, 5) is 5.13. The Bertz CT molecular complexity index is 1520. The Labute approximate surface area is 215 Å². The molecule has 6 rings (SSSR count). The summed E-state index contributed by atoms with van der Waals surface area (Å²) >= 11 is 7.55. The summed E-state index contributed by atoms with van der Waals surface area (Å²) in [6.45, 7) is 2.83. The highest BCUT2D eigenvalue weighted by molar-refractivity contribution is 7.16. The van der Waals surface area contributed by atoms with Crippen LogP contribution in [0, 0.1) is 0 Å². The van der Waals surface area contributed by atoms with Crippen molar-refractivity contribution < 1.29 is 23.4 Å². The molecule has 1 N–H and O–H groups in total. The fourth-order valence-corrected chi connectivity index (χ4v) is 5.43. The molecular weight excluding hydrogens is 505 g/mol. The molecule has 0 bridgehead atoms. The lowest BCUT2D eigenvalue weighted by molar-refractivity contribution is -0.0679. The molecule has 2 aromatic carbocycles. The van der Waals surface area contributed by atoms with E-state index in [1.807, 2.05) is 30.3 Å². The van der Waals surface area contributed by atoms with Crippen molar-refractivity contribution in [1.82, 2.24) is 14.6 Å². The molecule has 3 aromatic heterocycles. The van der Waals surface area contributed by atoms with Gasteiger partial charge < -0.3 is 19.0 Å². The Morgan fingerprint density at radius 3 is 2.86 bits per heavy atom. The molecule has 0 aliphatic carbocycles. The number of imidazole rings is 1. The maximum absolute atomic E-state index is 13.6. The number of nitrogens with zero attached hydrogens (tertiary/aromatic N) is 3. The second kappa shape index (κ2) is 9.15. The molecule has 4 heterocycles. The van der Waals surface area contributed by atoms with E-state index in [0.717, 1.165) is 16.5 Å². The van der Waals surface area contributed by atoms with Gasteiger partial charge in [0.25, 0.3) is 0 Å². The molecule has 5 aromatic rings. The number of benzene rings is 2. The van der Waals surface area contributed by atoms with E-state index in [0.29, 0.717) is 70.4 Å². The number of aliphatic hydroxyl groups is 1. The van der Waals surface area contributed by atoms with Gasteiger partial charge in [0.15, 0.2) is 16.9 Å². The first-order valence-electron chi connectivity index (χ1n) is 11.6. The van der Waals surface area contributed by atoms with Gasteiger partial charge in [-0.1, -0.05) is 41.1 Å². The molecule has 186 valence electrons. The minimum absolute atomic E-state index is 0.296. The summed E-state index contributed by atoms with van der Waals surface area (Å²) in [5, 5.41) is 16.9. The predicted molar refractivity (Wildman–Crippen MR) is 135 cm³/mol. The Hall–Kier alpha value is -2.98. The van der Waals surface area contributed by atoms with Gasteiger partial charge in [0, 0.05) is 37.1 Å². The molecule has 0 radical (unpaired) electrons. The third-order valence-electron chi connectivity index (χ3n) is 6.39. The lowest BCUT2D eigenvalue weighted by Crippen LogP contribution is -2.33. The monoisotopic (exact) mass is 527 g/mol. The molecule has 1 atom stereocenters. The van der Waals surface area contributed by atoms with Crippen LogP contribution in [-0.4, -0.2) is 32.9 Å². The van der Waals surface area contributed by atoms with Crippen LogP contribution in [0.1, 0.15) is 42.1 Å². The smallest absolute Gasteiger partial charge is 0.212 e. The lowest BCUT2D eigenvalue weighted by atomic mass is 9.86. The first kappa shape index (κ1) is 23.4. The first-order chi connectivity index (χ1) is 17.4. The Morgan fingerprint density at radius 1 is 1.25 bits per heavy atom. The van der Waals surface area contributed by atoms with Crippen LogP contribution in [0.2, 0.25) is 5.02 Å². The third-order valence-corrected chi connectivity index (χ3v) is 7.69. The molecule has 1 aliphatic heterocycles. The normalized spacial score (nSPS) is 16.6. The highest BCUT2D eigenvalue weighted by atomic mass is 35.5. The molecular formula is C26H23ClFN3O4S. The number of aromatic nitrogens is 3. The van der Waals surface area contributed by atoms with Crippen molar-refractivity contribution in [2.45, 2.75) is 38.1 Å². The second-order valence-electron chi connectivity index (χ2n) is 8.97. The van der Waals surface area contributed by atoms with Crippen LogP contribution >= 0.6 is 22.9 Å². The van der Waals surface area contributed by atoms with E-state index in [1.54, 1.807) is 22.8 Å². The number of fused-ring (bicyclic) bond motifs is 2. The van der Waals surface area contributed by atoms with E-state index in [4.69, 9.17) is 25.5 Å². The molecule has 36 heavy (non-hydrogen) atoms. The van der Waals surface area contributed by atoms with Gasteiger partial charge in [0.05, 0.1) is 17.2 Å². The molecule has 1 saturated heterocycles. The van der Waals surface area contributed by atoms with E-state index in [1.165, 1.54) is 18.3 Å². The van der Waals surface area contributed by atoms with Crippen molar-refractivity contribution in [1.29, 1.82) is 0 Å². The second-order valence-corrected chi connectivity index (χ2v) is 10.4. The number of alkyl halides is 1. The summed E-state index contributed by atoms with van der Waals surface area (Å²) in [5.74, 6) is 1.11. The molecule has 1 aliphatic rings. The minimum Gasteiger partial charge on any atom is -0.488 e. The van der Waals surface area contributed by atoms with Crippen molar-refractivity contribution in [3.8, 4) is 17.2 Å². The van der Waals surface area contributed by atoms with Crippen molar-refractivity contribution in [3.05, 3.63) is 69.8 Å². The minimum atomic E-state index is -1.14. The number of halogens is 2. The summed E-state index contributed by atoms with van der Waals surface area (Å²) in [5.41, 5.74) is 2.07. The van der Waals surface area contributed by atoms with Gasteiger partial charge in [-0.15, -0.1) is 0 Å².